The molecule has 0 saturated carbocycles. The summed E-state index contributed by atoms with van der Waals surface area (Å²) in [7, 11) is 5.51. The third kappa shape index (κ3) is 3.42. The van der Waals surface area contributed by atoms with E-state index in [1.165, 1.54) is 6.07 Å². The predicted molar refractivity (Wildman–Crippen MR) is 83.6 cm³/mol. The summed E-state index contributed by atoms with van der Waals surface area (Å²) in [5.41, 5.74) is 3.46. The Hall–Kier alpha value is -2.30. The van der Waals surface area contributed by atoms with Gasteiger partial charge in [0.1, 0.15) is 11.5 Å². The van der Waals surface area contributed by atoms with E-state index in [-0.39, 0.29) is 5.82 Å². The van der Waals surface area contributed by atoms with Crippen molar-refractivity contribution in [2.75, 3.05) is 31.4 Å². The molecule has 2 rings (SSSR count). The lowest BCUT2D eigenvalue weighted by atomic mass is 10.1. The van der Waals surface area contributed by atoms with Gasteiger partial charge in [-0.3, -0.25) is 0 Å². The molecule has 0 aliphatic carbocycles. The number of nitrogens with one attached hydrogen (secondary N) is 1. The van der Waals surface area contributed by atoms with Gasteiger partial charge in [-0.25, -0.2) is 9.37 Å². The lowest BCUT2D eigenvalue weighted by Crippen LogP contribution is -2.13. The first kappa shape index (κ1) is 15.1. The van der Waals surface area contributed by atoms with E-state index < -0.39 is 0 Å². The van der Waals surface area contributed by atoms with Gasteiger partial charge in [0, 0.05) is 26.8 Å². The first-order chi connectivity index (χ1) is 10.0. The molecule has 0 atom stereocenters. The van der Waals surface area contributed by atoms with Gasteiger partial charge in [-0.1, -0.05) is 12.1 Å². The molecule has 0 unspecified atom stereocenters. The van der Waals surface area contributed by atoms with E-state index in [2.05, 4.69) is 10.3 Å². The maximum atomic E-state index is 13.3. The molecule has 2 aromatic rings. The number of benzene rings is 1. The molecule has 0 bridgehead atoms. The van der Waals surface area contributed by atoms with Gasteiger partial charge in [-0.05, 0) is 30.2 Å². The van der Waals surface area contributed by atoms with E-state index in [0.717, 1.165) is 16.9 Å². The van der Waals surface area contributed by atoms with Crippen molar-refractivity contribution in [2.45, 2.75) is 13.5 Å². The molecule has 0 radical (unpaired) electrons. The van der Waals surface area contributed by atoms with Crippen molar-refractivity contribution in [3.8, 4) is 5.88 Å². The highest BCUT2D eigenvalue weighted by atomic mass is 19.1. The number of methoxy groups -OCH3 is 1. The van der Waals surface area contributed by atoms with Gasteiger partial charge in [-0.15, -0.1) is 0 Å². The Morgan fingerprint density at radius 2 is 2.05 bits per heavy atom. The highest BCUT2D eigenvalue weighted by molar-refractivity contribution is 5.74. The molecule has 0 fully saturated rings. The van der Waals surface area contributed by atoms with Crippen LogP contribution in [0.4, 0.5) is 15.8 Å². The second-order valence-electron chi connectivity index (χ2n) is 5.05. The maximum absolute atomic E-state index is 13.3. The number of aryl methyl sites for hydroxylation is 1. The lowest BCUT2D eigenvalue weighted by Gasteiger charge is -2.20. The zero-order valence-corrected chi connectivity index (χ0v) is 12.8. The third-order valence-corrected chi connectivity index (χ3v) is 3.26. The number of nitrogens with zero attached hydrogens (tertiary/aromatic N) is 2. The van der Waals surface area contributed by atoms with E-state index in [4.69, 9.17) is 4.74 Å². The third-order valence-electron chi connectivity index (χ3n) is 3.26. The minimum Gasteiger partial charge on any atom is -0.479 e. The molecular weight excluding hydrogens is 269 g/mol. The molecule has 112 valence electrons. The number of aromatic nitrogens is 1. The molecule has 5 heteroatoms. The Balaban J connectivity index is 2.24. The fourth-order valence-electron chi connectivity index (χ4n) is 2.13. The number of pyridine rings is 1. The van der Waals surface area contributed by atoms with Crippen molar-refractivity contribution in [2.24, 2.45) is 0 Å². The van der Waals surface area contributed by atoms with Crippen LogP contribution < -0.4 is 15.0 Å². The van der Waals surface area contributed by atoms with E-state index in [1.54, 1.807) is 26.3 Å². The van der Waals surface area contributed by atoms with Crippen LogP contribution in [0.5, 0.6) is 5.88 Å². The average molecular weight is 289 g/mol. The van der Waals surface area contributed by atoms with E-state index in [0.29, 0.717) is 18.0 Å². The summed E-state index contributed by atoms with van der Waals surface area (Å²) >= 11 is 0. The number of halogens is 1. The smallest absolute Gasteiger partial charge is 0.239 e. The fraction of sp³-hybridized carbons (Fsp3) is 0.312. The first-order valence-electron chi connectivity index (χ1n) is 6.72. The standard InChI is InChI=1S/C16H20FN3O/c1-11-9-12(5-6-13(11)17)10-19-15-14(20(2)3)7-8-18-16(15)21-4/h5-9,19H,10H2,1-4H3. The van der Waals surface area contributed by atoms with Crippen LogP contribution in [-0.2, 0) is 6.54 Å². The summed E-state index contributed by atoms with van der Waals surface area (Å²) < 4.78 is 18.6. The highest BCUT2D eigenvalue weighted by Crippen LogP contribution is 2.32. The number of ether oxygens (including phenoxy) is 1. The monoisotopic (exact) mass is 289 g/mol. The van der Waals surface area contributed by atoms with Gasteiger partial charge < -0.3 is 15.0 Å². The number of hydrogen-bond donors (Lipinski definition) is 1. The second kappa shape index (κ2) is 6.43. The fourth-order valence-corrected chi connectivity index (χ4v) is 2.13. The van der Waals surface area contributed by atoms with Crippen LogP contribution in [0.25, 0.3) is 0 Å². The summed E-state index contributed by atoms with van der Waals surface area (Å²) in [6.45, 7) is 2.33. The summed E-state index contributed by atoms with van der Waals surface area (Å²) in [6, 6.07) is 7.01. The van der Waals surface area contributed by atoms with Crippen LogP contribution in [0, 0.1) is 12.7 Å². The van der Waals surface area contributed by atoms with Crippen molar-refractivity contribution in [3.63, 3.8) is 0 Å². The number of rotatable bonds is 5. The minimum atomic E-state index is -0.188. The van der Waals surface area contributed by atoms with E-state index in [1.807, 2.05) is 31.1 Å². The largest absolute Gasteiger partial charge is 0.479 e. The Labute approximate surface area is 124 Å². The van der Waals surface area contributed by atoms with Crippen LogP contribution in [0.1, 0.15) is 11.1 Å². The molecule has 4 nitrogen and oxygen atoms in total. The van der Waals surface area contributed by atoms with Gasteiger partial charge in [0.2, 0.25) is 5.88 Å². The molecular formula is C16H20FN3O. The summed E-state index contributed by atoms with van der Waals surface area (Å²) in [5.74, 6) is 0.353. The second-order valence-corrected chi connectivity index (χ2v) is 5.05. The van der Waals surface area contributed by atoms with Crippen molar-refractivity contribution in [3.05, 3.63) is 47.4 Å². The first-order valence-corrected chi connectivity index (χ1v) is 6.72. The SMILES string of the molecule is COc1nccc(N(C)C)c1NCc1ccc(F)c(C)c1. The molecule has 21 heavy (non-hydrogen) atoms. The summed E-state index contributed by atoms with van der Waals surface area (Å²) in [6.07, 6.45) is 1.71. The van der Waals surface area contributed by atoms with Crippen LogP contribution in [0.2, 0.25) is 0 Å². The Bertz CT molecular complexity index is 629. The van der Waals surface area contributed by atoms with Crippen LogP contribution in [0.15, 0.2) is 30.5 Å². The molecule has 0 aliphatic rings. The van der Waals surface area contributed by atoms with Crippen LogP contribution in [-0.4, -0.2) is 26.2 Å². The molecule has 1 N–H and O–H groups in total. The van der Waals surface area contributed by atoms with Crippen molar-refractivity contribution in [1.82, 2.24) is 4.98 Å². The van der Waals surface area contributed by atoms with Gasteiger partial charge >= 0.3 is 0 Å². The van der Waals surface area contributed by atoms with Crippen molar-refractivity contribution >= 4 is 11.4 Å². The topological polar surface area (TPSA) is 37.4 Å². The molecule has 1 aromatic heterocycles. The van der Waals surface area contributed by atoms with Gasteiger partial charge in [0.25, 0.3) is 0 Å². The number of anilines is 2. The van der Waals surface area contributed by atoms with Gasteiger partial charge in [0.15, 0.2) is 0 Å². The van der Waals surface area contributed by atoms with Gasteiger partial charge in [0.05, 0.1) is 12.8 Å². The molecule has 0 aliphatic heterocycles. The molecule has 0 saturated heterocycles. The van der Waals surface area contributed by atoms with Crippen molar-refractivity contribution in [1.29, 1.82) is 0 Å². The Morgan fingerprint density at radius 1 is 1.29 bits per heavy atom. The quantitative estimate of drug-likeness (QED) is 0.917. The molecule has 1 aromatic carbocycles. The Morgan fingerprint density at radius 3 is 2.67 bits per heavy atom. The molecule has 0 spiro atoms. The Kier molecular flexibility index (Phi) is 4.62. The lowest BCUT2D eigenvalue weighted by molar-refractivity contribution is 0.400. The zero-order chi connectivity index (χ0) is 15.4. The van der Waals surface area contributed by atoms with Crippen LogP contribution >= 0.6 is 0 Å². The zero-order valence-electron chi connectivity index (χ0n) is 12.8. The van der Waals surface area contributed by atoms with E-state index >= 15 is 0 Å². The summed E-state index contributed by atoms with van der Waals surface area (Å²) in [4.78, 5) is 6.20. The van der Waals surface area contributed by atoms with E-state index in [9.17, 15) is 4.39 Å². The average Bonchev–Trinajstić information content (AvgIpc) is 2.48. The summed E-state index contributed by atoms with van der Waals surface area (Å²) in [5, 5.41) is 3.33. The number of hydrogen-bond acceptors (Lipinski definition) is 4. The van der Waals surface area contributed by atoms with Gasteiger partial charge in [-0.2, -0.15) is 0 Å². The molecule has 0 amide bonds. The minimum absolute atomic E-state index is 0.188. The molecule has 1 heterocycles. The maximum Gasteiger partial charge on any atom is 0.239 e. The normalized spacial score (nSPS) is 10.3. The van der Waals surface area contributed by atoms with Crippen LogP contribution in [0.3, 0.4) is 0 Å². The highest BCUT2D eigenvalue weighted by Gasteiger charge is 2.12. The predicted octanol–water partition coefficient (Wildman–Crippen LogP) is 3.22. The van der Waals surface area contributed by atoms with Crippen molar-refractivity contribution < 1.29 is 9.13 Å².